The molecule has 4 aromatic rings. The van der Waals surface area contributed by atoms with E-state index in [0.29, 0.717) is 33.2 Å². The third kappa shape index (κ3) is 4.23. The number of benzene rings is 2. The normalized spacial score (nSPS) is 10.8. The van der Waals surface area contributed by atoms with Crippen LogP contribution in [0, 0.1) is 12.9 Å². The van der Waals surface area contributed by atoms with E-state index in [1.165, 1.54) is 12.3 Å². The number of hydrogen-bond acceptors (Lipinski definition) is 4. The van der Waals surface area contributed by atoms with E-state index in [-0.39, 0.29) is 12.5 Å². The second kappa shape index (κ2) is 8.47. The number of nitrogens with zero attached hydrogens (tertiary/aromatic N) is 2. The number of ether oxygens (including phenoxy) is 1. The maximum atomic E-state index is 13.2. The van der Waals surface area contributed by atoms with Crippen molar-refractivity contribution < 1.29 is 13.9 Å². The fraction of sp³-hybridized carbons (Fsp3) is 0.0870. The number of hydrogen-bond donors (Lipinski definition) is 1. The summed E-state index contributed by atoms with van der Waals surface area (Å²) in [6, 6.07) is 15.4. The monoisotopic (exact) mass is 421 g/mol. The average Bonchev–Trinajstić information content (AvgIpc) is 2.73. The van der Waals surface area contributed by atoms with Gasteiger partial charge in [0.15, 0.2) is 0 Å². The van der Waals surface area contributed by atoms with Gasteiger partial charge in [0, 0.05) is 40.5 Å². The van der Waals surface area contributed by atoms with Gasteiger partial charge in [-0.1, -0.05) is 17.7 Å². The molecule has 0 saturated carbocycles. The van der Waals surface area contributed by atoms with Gasteiger partial charge in [0.2, 0.25) is 5.95 Å². The predicted octanol–water partition coefficient (Wildman–Crippen LogP) is 5.45. The SMILES string of the molecule is Cc1c(Oc2ccnc3cc(Cl)ccc23)cccc1C(=O)NCc1ccnc(F)c1. The summed E-state index contributed by atoms with van der Waals surface area (Å²) >= 11 is 6.05. The van der Waals surface area contributed by atoms with Crippen LogP contribution in [0.4, 0.5) is 4.39 Å². The minimum atomic E-state index is -0.584. The molecule has 2 heterocycles. The van der Waals surface area contributed by atoms with E-state index in [4.69, 9.17) is 16.3 Å². The molecule has 0 aliphatic rings. The Hall–Kier alpha value is -3.51. The van der Waals surface area contributed by atoms with Crippen LogP contribution >= 0.6 is 11.6 Å². The van der Waals surface area contributed by atoms with E-state index in [0.717, 1.165) is 10.9 Å². The van der Waals surface area contributed by atoms with E-state index in [1.807, 2.05) is 13.0 Å². The smallest absolute Gasteiger partial charge is 0.251 e. The van der Waals surface area contributed by atoms with Crippen LogP contribution in [0.2, 0.25) is 5.02 Å². The van der Waals surface area contributed by atoms with Crippen molar-refractivity contribution in [2.24, 2.45) is 0 Å². The lowest BCUT2D eigenvalue weighted by Crippen LogP contribution is -2.23. The zero-order valence-electron chi connectivity index (χ0n) is 16.0. The van der Waals surface area contributed by atoms with Crippen LogP contribution in [0.5, 0.6) is 11.5 Å². The number of pyridine rings is 2. The highest BCUT2D eigenvalue weighted by Crippen LogP contribution is 2.32. The summed E-state index contributed by atoms with van der Waals surface area (Å²) in [5.74, 6) is 0.311. The third-order valence-electron chi connectivity index (χ3n) is 4.66. The molecule has 2 aromatic heterocycles. The Balaban J connectivity index is 1.57. The van der Waals surface area contributed by atoms with Crippen molar-refractivity contribution in [3.63, 3.8) is 0 Å². The van der Waals surface area contributed by atoms with Gasteiger partial charge in [-0.2, -0.15) is 4.39 Å². The van der Waals surface area contributed by atoms with Gasteiger partial charge >= 0.3 is 0 Å². The molecule has 0 atom stereocenters. The molecule has 4 rings (SSSR count). The van der Waals surface area contributed by atoms with Crippen molar-refractivity contribution in [2.45, 2.75) is 13.5 Å². The number of carbonyl (C=O) groups is 1. The molecule has 1 N–H and O–H groups in total. The molecule has 0 bridgehead atoms. The summed E-state index contributed by atoms with van der Waals surface area (Å²) in [6.07, 6.45) is 3.01. The molecule has 0 aliphatic carbocycles. The molecule has 0 saturated heterocycles. The molecular weight excluding hydrogens is 405 g/mol. The quantitative estimate of drug-likeness (QED) is 0.435. The van der Waals surface area contributed by atoms with Gasteiger partial charge in [-0.15, -0.1) is 0 Å². The summed E-state index contributed by atoms with van der Waals surface area (Å²) in [7, 11) is 0. The van der Waals surface area contributed by atoms with E-state index in [1.54, 1.807) is 48.7 Å². The first-order valence-corrected chi connectivity index (χ1v) is 9.59. The summed E-state index contributed by atoms with van der Waals surface area (Å²) in [5, 5.41) is 4.21. The Morgan fingerprint density at radius 1 is 1.07 bits per heavy atom. The van der Waals surface area contributed by atoms with Gasteiger partial charge in [-0.05, 0) is 61.0 Å². The molecule has 7 heteroatoms. The first kappa shape index (κ1) is 19.8. The lowest BCUT2D eigenvalue weighted by atomic mass is 10.1. The first-order chi connectivity index (χ1) is 14.5. The molecular formula is C23H17ClFN3O2. The molecule has 2 aromatic carbocycles. The Morgan fingerprint density at radius 2 is 1.90 bits per heavy atom. The number of amides is 1. The highest BCUT2D eigenvalue weighted by molar-refractivity contribution is 6.31. The molecule has 0 aliphatic heterocycles. The van der Waals surface area contributed by atoms with Crippen LogP contribution in [0.1, 0.15) is 21.5 Å². The van der Waals surface area contributed by atoms with E-state index in [9.17, 15) is 9.18 Å². The van der Waals surface area contributed by atoms with Crippen LogP contribution in [0.3, 0.4) is 0 Å². The minimum Gasteiger partial charge on any atom is -0.456 e. The van der Waals surface area contributed by atoms with Gasteiger partial charge in [0.05, 0.1) is 5.52 Å². The second-order valence-corrected chi connectivity index (χ2v) is 7.11. The average molecular weight is 422 g/mol. The third-order valence-corrected chi connectivity index (χ3v) is 4.89. The van der Waals surface area contributed by atoms with Crippen molar-refractivity contribution >= 4 is 28.4 Å². The van der Waals surface area contributed by atoms with E-state index in [2.05, 4.69) is 15.3 Å². The molecule has 150 valence electrons. The Bertz CT molecular complexity index is 1250. The summed E-state index contributed by atoms with van der Waals surface area (Å²) in [5.41, 5.74) is 2.51. The highest BCUT2D eigenvalue weighted by Gasteiger charge is 2.14. The van der Waals surface area contributed by atoms with Gasteiger partial charge < -0.3 is 10.1 Å². The van der Waals surface area contributed by atoms with E-state index < -0.39 is 5.95 Å². The topological polar surface area (TPSA) is 64.1 Å². The van der Waals surface area contributed by atoms with Crippen LogP contribution in [0.25, 0.3) is 10.9 Å². The van der Waals surface area contributed by atoms with Gasteiger partial charge in [0.1, 0.15) is 11.5 Å². The molecule has 1 amide bonds. The number of fused-ring (bicyclic) bond motifs is 1. The van der Waals surface area contributed by atoms with Crippen molar-refractivity contribution in [3.8, 4) is 11.5 Å². The predicted molar refractivity (Wildman–Crippen MR) is 113 cm³/mol. The molecule has 5 nitrogen and oxygen atoms in total. The fourth-order valence-corrected chi connectivity index (χ4v) is 3.27. The van der Waals surface area contributed by atoms with Crippen molar-refractivity contribution in [1.29, 1.82) is 0 Å². The summed E-state index contributed by atoms with van der Waals surface area (Å²) in [6.45, 7) is 2.01. The fourth-order valence-electron chi connectivity index (χ4n) is 3.10. The Kier molecular flexibility index (Phi) is 5.59. The van der Waals surface area contributed by atoms with Crippen molar-refractivity contribution in [3.05, 3.63) is 94.7 Å². The van der Waals surface area contributed by atoms with Crippen LogP contribution in [-0.2, 0) is 6.54 Å². The zero-order valence-corrected chi connectivity index (χ0v) is 16.8. The van der Waals surface area contributed by atoms with Crippen LogP contribution in [0.15, 0.2) is 67.0 Å². The lowest BCUT2D eigenvalue weighted by Gasteiger charge is -2.14. The maximum Gasteiger partial charge on any atom is 0.251 e. The number of aromatic nitrogens is 2. The maximum absolute atomic E-state index is 13.2. The van der Waals surface area contributed by atoms with Gasteiger partial charge in [0.25, 0.3) is 5.91 Å². The molecule has 0 radical (unpaired) electrons. The van der Waals surface area contributed by atoms with Gasteiger partial charge in [-0.25, -0.2) is 4.98 Å². The van der Waals surface area contributed by atoms with Gasteiger partial charge in [-0.3, -0.25) is 9.78 Å². The molecule has 0 unspecified atom stereocenters. The molecule has 0 spiro atoms. The first-order valence-electron chi connectivity index (χ1n) is 9.21. The number of nitrogens with one attached hydrogen (secondary N) is 1. The van der Waals surface area contributed by atoms with Crippen LogP contribution < -0.4 is 10.1 Å². The summed E-state index contributed by atoms with van der Waals surface area (Å²) in [4.78, 5) is 20.5. The largest absolute Gasteiger partial charge is 0.456 e. The zero-order chi connectivity index (χ0) is 21.1. The Morgan fingerprint density at radius 3 is 2.73 bits per heavy atom. The van der Waals surface area contributed by atoms with E-state index >= 15 is 0 Å². The summed E-state index contributed by atoms with van der Waals surface area (Å²) < 4.78 is 19.3. The lowest BCUT2D eigenvalue weighted by molar-refractivity contribution is 0.0950. The highest BCUT2D eigenvalue weighted by atomic mass is 35.5. The van der Waals surface area contributed by atoms with Crippen molar-refractivity contribution in [1.82, 2.24) is 15.3 Å². The Labute approximate surface area is 177 Å². The molecule has 0 fully saturated rings. The second-order valence-electron chi connectivity index (χ2n) is 6.67. The van der Waals surface area contributed by atoms with Crippen LogP contribution in [-0.4, -0.2) is 15.9 Å². The number of rotatable bonds is 5. The molecule has 30 heavy (non-hydrogen) atoms. The number of carbonyl (C=O) groups excluding carboxylic acids is 1. The minimum absolute atomic E-state index is 0.193. The number of halogens is 2. The van der Waals surface area contributed by atoms with Crippen molar-refractivity contribution in [2.75, 3.05) is 0 Å². The standard InChI is InChI=1S/C23H17ClFN3O2/c1-14-17(23(29)28-13-15-7-9-27-22(25)11-15)3-2-4-20(14)30-21-8-10-26-19-12-16(24)5-6-18(19)21/h2-12H,13H2,1H3,(H,28,29).